The molecule has 0 amide bonds. The topological polar surface area (TPSA) is 88.1 Å². The smallest absolute Gasteiger partial charge is 0.162 e. The minimum Gasteiger partial charge on any atom is -0.374 e. The molecule has 0 radical (unpaired) electrons. The molecule has 0 aromatic rings. The van der Waals surface area contributed by atoms with Gasteiger partial charge < -0.3 is 15.8 Å². The number of hydrogen-bond acceptors (Lipinski definition) is 5. The largest absolute Gasteiger partial charge is 0.374 e. The number of allylic oxidation sites excluding steroid dienone is 7. The molecule has 1 aliphatic heterocycles. The number of nitriles is 1. The van der Waals surface area contributed by atoms with Crippen molar-refractivity contribution >= 4 is 5.78 Å². The van der Waals surface area contributed by atoms with Crippen molar-refractivity contribution in [3.05, 3.63) is 46.3 Å². The molecule has 2 rings (SSSR count). The van der Waals surface area contributed by atoms with Gasteiger partial charge in [0.2, 0.25) is 0 Å². The van der Waals surface area contributed by atoms with Crippen LogP contribution in [0, 0.1) is 22.7 Å². The lowest BCUT2D eigenvalue weighted by atomic mass is 9.68. The Hall–Kier alpha value is -2.16. The lowest BCUT2D eigenvalue weighted by molar-refractivity contribution is -0.118. The van der Waals surface area contributed by atoms with Crippen molar-refractivity contribution in [2.24, 2.45) is 17.1 Å². The predicted molar refractivity (Wildman–Crippen MR) is 103 cm³/mol. The van der Waals surface area contributed by atoms with Crippen LogP contribution in [0.5, 0.6) is 0 Å². The molecule has 1 unspecified atom stereocenters. The van der Waals surface area contributed by atoms with Gasteiger partial charge in [0.25, 0.3) is 0 Å². The Morgan fingerprint density at radius 3 is 2.73 bits per heavy atom. The number of carbonyl (C=O) groups excluding carboxylic acids is 1. The third-order valence-corrected chi connectivity index (χ3v) is 4.78. The number of hydrogen-bond donors (Lipinski definition) is 2. The van der Waals surface area contributed by atoms with Crippen molar-refractivity contribution in [2.75, 3.05) is 19.8 Å². The summed E-state index contributed by atoms with van der Waals surface area (Å²) in [4.78, 5) is 13.0. The van der Waals surface area contributed by atoms with Crippen LogP contribution < -0.4 is 11.1 Å². The number of nitrogens with one attached hydrogen (secondary N) is 1. The summed E-state index contributed by atoms with van der Waals surface area (Å²) in [5.74, 6) is -0.218. The second-order valence-corrected chi connectivity index (χ2v) is 7.53. The molecule has 1 heterocycles. The maximum Gasteiger partial charge on any atom is 0.162 e. The first kappa shape index (κ1) is 20.2. The highest BCUT2D eigenvalue weighted by Crippen LogP contribution is 2.45. The van der Waals surface area contributed by atoms with Crippen LogP contribution in [-0.2, 0) is 9.53 Å². The van der Waals surface area contributed by atoms with Gasteiger partial charge in [-0.1, -0.05) is 32.1 Å². The van der Waals surface area contributed by atoms with Crippen LogP contribution in [0.25, 0.3) is 0 Å². The molecular formula is C21H29N3O2. The van der Waals surface area contributed by atoms with E-state index >= 15 is 0 Å². The van der Waals surface area contributed by atoms with E-state index in [1.807, 2.05) is 32.1 Å². The molecule has 0 saturated carbocycles. The molecular weight excluding hydrogens is 326 g/mol. The molecule has 1 atom stereocenters. The van der Waals surface area contributed by atoms with Crippen molar-refractivity contribution < 1.29 is 9.53 Å². The van der Waals surface area contributed by atoms with Gasteiger partial charge in [-0.25, -0.2) is 0 Å². The molecule has 140 valence electrons. The van der Waals surface area contributed by atoms with Gasteiger partial charge in [-0.15, -0.1) is 0 Å². The molecule has 5 nitrogen and oxygen atoms in total. The highest BCUT2D eigenvalue weighted by atomic mass is 16.5. The zero-order chi connectivity index (χ0) is 19.3. The van der Waals surface area contributed by atoms with E-state index in [0.29, 0.717) is 25.1 Å². The fourth-order valence-electron chi connectivity index (χ4n) is 3.74. The van der Waals surface area contributed by atoms with Gasteiger partial charge in [0, 0.05) is 24.2 Å². The van der Waals surface area contributed by atoms with Crippen molar-refractivity contribution in [2.45, 2.75) is 40.5 Å². The van der Waals surface area contributed by atoms with E-state index in [-0.39, 0.29) is 23.7 Å². The van der Waals surface area contributed by atoms with Crippen LogP contribution in [0.3, 0.4) is 0 Å². The molecule has 0 saturated heterocycles. The quantitative estimate of drug-likeness (QED) is 0.564. The Kier molecular flexibility index (Phi) is 6.57. The van der Waals surface area contributed by atoms with Crippen molar-refractivity contribution in [3.63, 3.8) is 0 Å². The van der Waals surface area contributed by atoms with Crippen LogP contribution >= 0.6 is 0 Å². The maximum atomic E-state index is 13.0. The van der Waals surface area contributed by atoms with Gasteiger partial charge in [0.05, 0.1) is 36.5 Å². The molecule has 0 bridgehead atoms. The van der Waals surface area contributed by atoms with Gasteiger partial charge in [-0.2, -0.15) is 5.26 Å². The van der Waals surface area contributed by atoms with Crippen molar-refractivity contribution in [1.29, 1.82) is 5.26 Å². The maximum absolute atomic E-state index is 13.0. The average molecular weight is 355 g/mol. The number of Topliss-reactive ketones (excluding diaryl/α,β-unsaturated/α-hetero) is 1. The fraction of sp³-hybridized carbons (Fsp3) is 0.524. The van der Waals surface area contributed by atoms with Gasteiger partial charge in [0.15, 0.2) is 5.78 Å². The normalized spacial score (nSPS) is 23.2. The Labute approximate surface area is 156 Å². The Morgan fingerprint density at radius 2 is 2.15 bits per heavy atom. The van der Waals surface area contributed by atoms with Crippen LogP contribution in [0.1, 0.15) is 40.5 Å². The summed E-state index contributed by atoms with van der Waals surface area (Å²) in [7, 11) is 0. The average Bonchev–Trinajstić information content (AvgIpc) is 2.57. The number of nitrogens with two attached hydrogens (primary N) is 1. The summed E-state index contributed by atoms with van der Waals surface area (Å²) in [5, 5.41) is 13.2. The number of ketones is 1. The first-order chi connectivity index (χ1) is 12.4. The monoisotopic (exact) mass is 355 g/mol. The van der Waals surface area contributed by atoms with E-state index < -0.39 is 0 Å². The fourth-order valence-corrected chi connectivity index (χ4v) is 3.74. The Bertz CT molecular complexity index is 733. The van der Waals surface area contributed by atoms with E-state index in [1.54, 1.807) is 0 Å². The number of nitrogens with zero attached hydrogens (tertiary/aromatic N) is 1. The third-order valence-electron chi connectivity index (χ3n) is 4.78. The zero-order valence-corrected chi connectivity index (χ0v) is 16.2. The summed E-state index contributed by atoms with van der Waals surface area (Å²) in [6.45, 7) is 9.22. The molecule has 26 heavy (non-hydrogen) atoms. The number of carbonyl (C=O) groups is 1. The molecule has 1 aliphatic carbocycles. The molecule has 0 aromatic carbocycles. The Morgan fingerprint density at radius 1 is 1.42 bits per heavy atom. The van der Waals surface area contributed by atoms with Crippen molar-refractivity contribution in [1.82, 2.24) is 5.32 Å². The minimum absolute atomic E-state index is 0.0997. The van der Waals surface area contributed by atoms with E-state index in [4.69, 9.17) is 10.5 Å². The Balaban J connectivity index is 2.56. The number of rotatable bonds is 6. The SMILES string of the molecule is C/C=C\C(=C/C)C1C(C#N)=C(COCCN)NC2=C1C(=O)CC(C)(C)C2. The lowest BCUT2D eigenvalue weighted by Crippen LogP contribution is -2.39. The molecule has 0 aromatic heterocycles. The van der Waals surface area contributed by atoms with E-state index in [0.717, 1.165) is 29.0 Å². The summed E-state index contributed by atoms with van der Waals surface area (Å²) in [6.07, 6.45) is 7.16. The standard InChI is InChI=1S/C21H29N3O2/c1-5-7-14(6-2)19-15(12-23)17(13-26-9-8-22)24-16-10-21(3,4)11-18(25)20(16)19/h5-7,19,24H,8-11,13,22H2,1-4H3/b7-5-,14-6+. The van der Waals surface area contributed by atoms with Crippen LogP contribution in [0.2, 0.25) is 0 Å². The molecule has 3 N–H and O–H groups in total. The highest BCUT2D eigenvalue weighted by Gasteiger charge is 2.41. The second-order valence-electron chi connectivity index (χ2n) is 7.53. The third kappa shape index (κ3) is 4.14. The van der Waals surface area contributed by atoms with E-state index in [2.05, 4.69) is 25.2 Å². The number of ether oxygens (including phenoxy) is 1. The van der Waals surface area contributed by atoms with Crippen LogP contribution in [-0.4, -0.2) is 25.5 Å². The van der Waals surface area contributed by atoms with Gasteiger partial charge in [-0.3, -0.25) is 4.79 Å². The predicted octanol–water partition coefficient (Wildman–Crippen LogP) is 3.12. The molecule has 0 fully saturated rings. The highest BCUT2D eigenvalue weighted by molar-refractivity contribution is 6.00. The first-order valence-electron chi connectivity index (χ1n) is 9.11. The van der Waals surface area contributed by atoms with Gasteiger partial charge >= 0.3 is 0 Å². The molecule has 5 heteroatoms. The summed E-state index contributed by atoms with van der Waals surface area (Å²) in [6, 6.07) is 2.32. The molecule has 2 aliphatic rings. The summed E-state index contributed by atoms with van der Waals surface area (Å²) < 4.78 is 5.59. The minimum atomic E-state index is -0.336. The first-order valence-corrected chi connectivity index (χ1v) is 9.11. The number of dihydropyridines is 1. The molecule has 0 spiro atoms. The summed E-state index contributed by atoms with van der Waals surface area (Å²) >= 11 is 0. The van der Waals surface area contributed by atoms with Crippen LogP contribution in [0.15, 0.2) is 46.3 Å². The lowest BCUT2D eigenvalue weighted by Gasteiger charge is -2.39. The van der Waals surface area contributed by atoms with Crippen LogP contribution in [0.4, 0.5) is 0 Å². The van der Waals surface area contributed by atoms with Gasteiger partial charge in [-0.05, 0) is 31.3 Å². The summed E-state index contributed by atoms with van der Waals surface area (Å²) in [5.41, 5.74) is 9.31. The van der Waals surface area contributed by atoms with E-state index in [1.165, 1.54) is 0 Å². The van der Waals surface area contributed by atoms with Gasteiger partial charge in [0.1, 0.15) is 0 Å². The second kappa shape index (κ2) is 8.48. The van der Waals surface area contributed by atoms with Crippen molar-refractivity contribution in [3.8, 4) is 6.07 Å². The van der Waals surface area contributed by atoms with E-state index in [9.17, 15) is 10.1 Å². The zero-order valence-electron chi connectivity index (χ0n) is 16.2.